The van der Waals surface area contributed by atoms with Crippen LogP contribution in [0.4, 0.5) is 30.2 Å². The summed E-state index contributed by atoms with van der Waals surface area (Å²) in [6, 6.07) is 9.65. The molecule has 0 aliphatic carbocycles. The van der Waals surface area contributed by atoms with Gasteiger partial charge in [-0.1, -0.05) is 23.5 Å². The molecule has 0 aliphatic heterocycles. The maximum atomic E-state index is 13.4. The number of hydrogen-bond acceptors (Lipinski definition) is 7. The number of nitrogens with two attached hydrogens (primary N) is 1. The van der Waals surface area contributed by atoms with E-state index in [1.807, 2.05) is 11.4 Å². The molecule has 0 saturated heterocycles. The minimum Gasteiger partial charge on any atom is -0.382 e. The van der Waals surface area contributed by atoms with E-state index < -0.39 is 23.6 Å². The minimum atomic E-state index is -0.734. The van der Waals surface area contributed by atoms with E-state index >= 15 is 0 Å². The number of halogens is 2. The maximum absolute atomic E-state index is 13.4. The molecule has 2 aromatic carbocycles. The zero-order valence-corrected chi connectivity index (χ0v) is 19.3. The molecule has 4 rings (SSSR count). The van der Waals surface area contributed by atoms with Gasteiger partial charge in [-0.2, -0.15) is 0 Å². The van der Waals surface area contributed by atoms with Crippen molar-refractivity contribution in [3.05, 3.63) is 65.0 Å². The highest BCUT2D eigenvalue weighted by Gasteiger charge is 2.16. The largest absolute Gasteiger partial charge is 0.382 e. The number of carbonyl (C=O) groups excluding carboxylic acids is 2. The molecule has 8 nitrogen and oxygen atoms in total. The molecule has 2 heterocycles. The van der Waals surface area contributed by atoms with Crippen molar-refractivity contribution in [3.8, 4) is 21.1 Å². The van der Waals surface area contributed by atoms with E-state index in [0.717, 1.165) is 23.8 Å². The van der Waals surface area contributed by atoms with E-state index in [4.69, 9.17) is 5.73 Å². The molecule has 174 valence electrons. The lowest BCUT2D eigenvalue weighted by Crippen LogP contribution is -2.24. The third kappa shape index (κ3) is 5.53. The molecule has 5 N–H and O–H groups in total. The zero-order chi connectivity index (χ0) is 24.2. The number of carbonyl (C=O) groups is 2. The molecule has 2 aromatic heterocycles. The Morgan fingerprint density at radius 3 is 2.56 bits per heavy atom. The van der Waals surface area contributed by atoms with Crippen LogP contribution in [0.1, 0.15) is 5.56 Å². The van der Waals surface area contributed by atoms with Crippen molar-refractivity contribution in [2.45, 2.75) is 6.42 Å². The van der Waals surface area contributed by atoms with Gasteiger partial charge in [0.05, 0.1) is 12.1 Å². The van der Waals surface area contributed by atoms with E-state index in [2.05, 4.69) is 25.9 Å². The van der Waals surface area contributed by atoms with Gasteiger partial charge < -0.3 is 16.4 Å². The van der Waals surface area contributed by atoms with Crippen molar-refractivity contribution in [2.75, 3.05) is 23.4 Å². The second-order valence-electron chi connectivity index (χ2n) is 7.06. The lowest BCUT2D eigenvalue weighted by atomic mass is 10.1. The van der Waals surface area contributed by atoms with Gasteiger partial charge in [0, 0.05) is 29.7 Å². The fourth-order valence-electron chi connectivity index (χ4n) is 3.07. The molecule has 3 amide bonds. The summed E-state index contributed by atoms with van der Waals surface area (Å²) < 4.78 is 26.7. The molecule has 0 fully saturated rings. The fraction of sp³-hybridized carbons (Fsp3) is 0.0909. The standard InChI is InChI=1S/C22H18F2N6O2S2/c1-26-21(32)30-22-29-19(25)18(34-22)20-28-16(10-33-20)12-3-2-4-15(8-12)27-17(31)7-11-5-13(23)9-14(24)6-11/h2-6,8-10H,7,25H2,1H3,(H,27,31)(H2,26,29,30,32). The Hall–Kier alpha value is -3.90. The summed E-state index contributed by atoms with van der Waals surface area (Å²) in [6.07, 6.45) is -0.170. The highest BCUT2D eigenvalue weighted by molar-refractivity contribution is 7.23. The summed E-state index contributed by atoms with van der Waals surface area (Å²) in [7, 11) is 1.50. The Kier molecular flexibility index (Phi) is 6.80. The number of rotatable bonds is 6. The van der Waals surface area contributed by atoms with Crippen molar-refractivity contribution < 1.29 is 18.4 Å². The third-order valence-electron chi connectivity index (χ3n) is 4.53. The quantitative estimate of drug-likeness (QED) is 0.305. The van der Waals surface area contributed by atoms with Gasteiger partial charge in [-0.15, -0.1) is 11.3 Å². The van der Waals surface area contributed by atoms with E-state index in [9.17, 15) is 18.4 Å². The summed E-state index contributed by atoms with van der Waals surface area (Å²) >= 11 is 2.58. The van der Waals surface area contributed by atoms with Gasteiger partial charge in [-0.3, -0.25) is 10.1 Å². The molecule has 0 saturated carbocycles. The maximum Gasteiger partial charge on any atom is 0.320 e. The van der Waals surface area contributed by atoms with Gasteiger partial charge in [0.1, 0.15) is 27.3 Å². The van der Waals surface area contributed by atoms with Crippen LogP contribution >= 0.6 is 22.7 Å². The zero-order valence-electron chi connectivity index (χ0n) is 17.7. The van der Waals surface area contributed by atoms with Crippen molar-refractivity contribution in [2.24, 2.45) is 0 Å². The van der Waals surface area contributed by atoms with Crippen molar-refractivity contribution >= 4 is 51.2 Å². The number of aromatic nitrogens is 2. The second kappa shape index (κ2) is 9.93. The second-order valence-corrected chi connectivity index (χ2v) is 8.92. The number of hydrogen-bond donors (Lipinski definition) is 4. The summed E-state index contributed by atoms with van der Waals surface area (Å²) in [4.78, 5) is 33.2. The number of nitrogens with one attached hydrogen (secondary N) is 3. The Morgan fingerprint density at radius 2 is 1.82 bits per heavy atom. The number of urea groups is 1. The smallest absolute Gasteiger partial charge is 0.320 e. The molecular formula is C22H18F2N6O2S2. The van der Waals surface area contributed by atoms with Gasteiger partial charge >= 0.3 is 6.03 Å². The van der Waals surface area contributed by atoms with Crippen LogP contribution in [-0.4, -0.2) is 29.0 Å². The number of benzene rings is 2. The Morgan fingerprint density at radius 1 is 1.06 bits per heavy atom. The average molecular weight is 501 g/mol. The predicted molar refractivity (Wildman–Crippen MR) is 130 cm³/mol. The summed E-state index contributed by atoms with van der Waals surface area (Å²) in [5.41, 5.74) is 8.17. The molecule has 4 aromatic rings. The first-order valence-corrected chi connectivity index (χ1v) is 11.6. The van der Waals surface area contributed by atoms with Crippen molar-refractivity contribution in [3.63, 3.8) is 0 Å². The number of nitrogens with zero attached hydrogens (tertiary/aromatic N) is 2. The first kappa shape index (κ1) is 23.3. The van der Waals surface area contributed by atoms with Crippen LogP contribution in [0, 0.1) is 11.6 Å². The van der Waals surface area contributed by atoms with Crippen LogP contribution < -0.4 is 21.7 Å². The van der Waals surface area contributed by atoms with Crippen molar-refractivity contribution in [1.82, 2.24) is 15.3 Å². The Labute approximate surface area is 200 Å². The number of amides is 3. The van der Waals surface area contributed by atoms with Crippen LogP contribution in [0.25, 0.3) is 21.1 Å². The van der Waals surface area contributed by atoms with Gasteiger partial charge in [-0.25, -0.2) is 23.5 Å². The molecule has 0 atom stereocenters. The molecule has 12 heteroatoms. The van der Waals surface area contributed by atoms with E-state index in [1.54, 1.807) is 18.2 Å². The van der Waals surface area contributed by atoms with Crippen LogP contribution in [0.15, 0.2) is 47.8 Å². The molecule has 34 heavy (non-hydrogen) atoms. The number of anilines is 3. The first-order valence-electron chi connectivity index (χ1n) is 9.87. The first-order chi connectivity index (χ1) is 16.3. The van der Waals surface area contributed by atoms with Crippen molar-refractivity contribution in [1.29, 1.82) is 0 Å². The molecule has 0 bridgehead atoms. The van der Waals surface area contributed by atoms with Crippen LogP contribution in [0.2, 0.25) is 0 Å². The lowest BCUT2D eigenvalue weighted by molar-refractivity contribution is -0.115. The van der Waals surface area contributed by atoms with Crippen LogP contribution in [-0.2, 0) is 11.2 Å². The molecule has 0 spiro atoms. The van der Waals surface area contributed by atoms with Gasteiger partial charge in [0.15, 0.2) is 5.13 Å². The van der Waals surface area contributed by atoms with Crippen LogP contribution in [0.3, 0.4) is 0 Å². The topological polar surface area (TPSA) is 122 Å². The normalized spacial score (nSPS) is 10.7. The third-order valence-corrected chi connectivity index (χ3v) is 6.51. The fourth-order valence-corrected chi connectivity index (χ4v) is 4.88. The Balaban J connectivity index is 1.48. The monoisotopic (exact) mass is 500 g/mol. The highest BCUT2D eigenvalue weighted by atomic mass is 32.1. The van der Waals surface area contributed by atoms with Crippen LogP contribution in [0.5, 0.6) is 0 Å². The van der Waals surface area contributed by atoms with E-state index in [-0.39, 0.29) is 17.8 Å². The Bertz CT molecular complexity index is 1350. The predicted octanol–water partition coefficient (Wildman–Crippen LogP) is 4.73. The molecule has 0 aliphatic rings. The average Bonchev–Trinajstić information content (AvgIpc) is 3.39. The molecular weight excluding hydrogens is 482 g/mol. The van der Waals surface area contributed by atoms with Gasteiger partial charge in [0.25, 0.3) is 0 Å². The molecule has 0 unspecified atom stereocenters. The van der Waals surface area contributed by atoms with E-state index in [1.165, 1.54) is 29.7 Å². The van der Waals surface area contributed by atoms with E-state index in [0.29, 0.717) is 26.4 Å². The van der Waals surface area contributed by atoms with Gasteiger partial charge in [-0.05, 0) is 29.8 Å². The SMILES string of the molecule is CNC(=O)Nc1nc(N)c(-c2nc(-c3cccc(NC(=O)Cc4cc(F)cc(F)c4)c3)cs2)s1. The number of nitrogen functional groups attached to an aromatic ring is 1. The lowest BCUT2D eigenvalue weighted by Gasteiger charge is -2.07. The molecule has 0 radical (unpaired) electrons. The summed E-state index contributed by atoms with van der Waals surface area (Å²) in [5, 5.41) is 10.6. The summed E-state index contributed by atoms with van der Waals surface area (Å²) in [5.74, 6) is -1.62. The summed E-state index contributed by atoms with van der Waals surface area (Å²) in [6.45, 7) is 0. The highest BCUT2D eigenvalue weighted by Crippen LogP contribution is 2.38. The minimum absolute atomic E-state index is 0.170. The number of thiazole rings is 2. The van der Waals surface area contributed by atoms with Gasteiger partial charge in [0.2, 0.25) is 5.91 Å².